The third-order valence-corrected chi connectivity index (χ3v) is 7.99. The Kier molecular flexibility index (Phi) is 12.5. The number of carbonyl (C=O) groups is 6. The van der Waals surface area contributed by atoms with E-state index in [1.165, 1.54) is 4.90 Å². The van der Waals surface area contributed by atoms with E-state index in [1.54, 1.807) is 51.1 Å². The first kappa shape index (κ1) is 35.4. The van der Waals surface area contributed by atoms with Crippen LogP contribution in [-0.2, 0) is 19.2 Å². The maximum Gasteiger partial charge on any atom is 0.316 e. The van der Waals surface area contributed by atoms with Crippen molar-refractivity contribution in [2.75, 3.05) is 6.54 Å². The lowest BCUT2D eigenvalue weighted by Gasteiger charge is -2.37. The van der Waals surface area contributed by atoms with Gasteiger partial charge in [-0.2, -0.15) is 0 Å². The van der Waals surface area contributed by atoms with Crippen molar-refractivity contribution in [3.05, 3.63) is 35.9 Å². The van der Waals surface area contributed by atoms with Crippen LogP contribution in [0.2, 0.25) is 0 Å². The predicted octanol–water partition coefficient (Wildman–Crippen LogP) is 2.82. The number of ketones is 2. The normalized spacial score (nSPS) is 19.0. The minimum Gasteiger partial charge on any atom is -0.363 e. The molecule has 1 heterocycles. The molecule has 5 atom stereocenters. The molecule has 0 spiro atoms. The second-order valence-corrected chi connectivity index (χ2v) is 13.1. The Morgan fingerprint density at radius 3 is 2.05 bits per heavy atom. The molecule has 1 aliphatic rings. The number of carbonyl (C=O) groups excluding carboxylic acids is 6. The van der Waals surface area contributed by atoms with Gasteiger partial charge in [-0.1, -0.05) is 92.1 Å². The van der Waals surface area contributed by atoms with Crippen LogP contribution in [0, 0.1) is 23.2 Å². The first-order valence-corrected chi connectivity index (χ1v) is 15.1. The molecule has 1 saturated heterocycles. The van der Waals surface area contributed by atoms with Crippen molar-refractivity contribution in [2.45, 2.75) is 98.8 Å². The molecule has 11 nitrogen and oxygen atoms in total. The SMILES string of the molecule is CCCC(NC(=O)[C@@H]1[C@@H](C(C)C)CCN1C(=O)[C@@H](NC(=O)N[C@H](C(=O)c1ccccc1)C(C)C)C(C)(C)C)C(=O)C(N)=O. The third-order valence-electron chi connectivity index (χ3n) is 7.99. The molecule has 238 valence electrons. The molecule has 0 radical (unpaired) electrons. The number of benzene rings is 1. The monoisotopic (exact) mass is 599 g/mol. The van der Waals surface area contributed by atoms with Crippen molar-refractivity contribution in [1.82, 2.24) is 20.9 Å². The molecule has 2 rings (SSSR count). The number of urea groups is 1. The smallest absolute Gasteiger partial charge is 0.316 e. The summed E-state index contributed by atoms with van der Waals surface area (Å²) in [5.41, 5.74) is 4.92. The van der Waals surface area contributed by atoms with Gasteiger partial charge in [-0.15, -0.1) is 0 Å². The average Bonchev–Trinajstić information content (AvgIpc) is 3.39. The summed E-state index contributed by atoms with van der Waals surface area (Å²) in [4.78, 5) is 79.7. The average molecular weight is 600 g/mol. The van der Waals surface area contributed by atoms with E-state index < -0.39 is 59.1 Å². The maximum atomic E-state index is 14.1. The molecule has 1 aromatic carbocycles. The van der Waals surface area contributed by atoms with E-state index in [0.717, 1.165) is 0 Å². The number of nitrogens with zero attached hydrogens (tertiary/aromatic N) is 1. The van der Waals surface area contributed by atoms with Crippen LogP contribution in [0.1, 0.15) is 85.0 Å². The zero-order valence-corrected chi connectivity index (χ0v) is 26.7. The number of Topliss-reactive ketones (excluding diaryl/α,β-unsaturated/α-hetero) is 2. The van der Waals surface area contributed by atoms with Crippen LogP contribution < -0.4 is 21.7 Å². The predicted molar refractivity (Wildman–Crippen MR) is 164 cm³/mol. The Balaban J connectivity index is 2.33. The largest absolute Gasteiger partial charge is 0.363 e. The van der Waals surface area contributed by atoms with Crippen LogP contribution in [0.5, 0.6) is 0 Å². The second-order valence-electron chi connectivity index (χ2n) is 13.1. The zero-order valence-electron chi connectivity index (χ0n) is 26.7. The van der Waals surface area contributed by atoms with Gasteiger partial charge in [0.25, 0.3) is 5.91 Å². The number of rotatable bonds is 13. The standard InChI is InChI=1S/C32H49N5O6/c1-9-13-22(26(39)28(33)40)34-29(41)24-21(18(2)3)16-17-37(24)30(42)27(32(6,7)8)36-31(43)35-23(19(4)5)25(38)20-14-11-10-12-15-20/h10-12,14-15,18-19,21-24,27H,9,13,16-17H2,1-8H3,(H2,33,40)(H,34,41)(H2,35,36,43)/t21-,22?,23+,24+,27-/m1/s1. The van der Waals surface area contributed by atoms with Crippen molar-refractivity contribution in [3.63, 3.8) is 0 Å². The topological polar surface area (TPSA) is 168 Å². The van der Waals surface area contributed by atoms with Crippen LogP contribution in [-0.4, -0.2) is 70.9 Å². The van der Waals surface area contributed by atoms with Crippen LogP contribution in [0.15, 0.2) is 30.3 Å². The summed E-state index contributed by atoms with van der Waals surface area (Å²) >= 11 is 0. The lowest BCUT2D eigenvalue weighted by atomic mass is 9.84. The maximum absolute atomic E-state index is 14.1. The third kappa shape index (κ3) is 9.11. The highest BCUT2D eigenvalue weighted by Crippen LogP contribution is 2.33. The summed E-state index contributed by atoms with van der Waals surface area (Å²) in [7, 11) is 0. The van der Waals surface area contributed by atoms with Crippen LogP contribution in [0.3, 0.4) is 0 Å². The van der Waals surface area contributed by atoms with Gasteiger partial charge in [-0.05, 0) is 36.0 Å². The van der Waals surface area contributed by atoms with E-state index in [9.17, 15) is 28.8 Å². The lowest BCUT2D eigenvalue weighted by Crippen LogP contribution is -2.62. The quantitative estimate of drug-likeness (QED) is 0.201. The fourth-order valence-electron chi connectivity index (χ4n) is 5.53. The molecular formula is C32H49N5O6. The Bertz CT molecular complexity index is 1180. The van der Waals surface area contributed by atoms with Crippen molar-refractivity contribution >= 4 is 35.3 Å². The number of nitrogens with two attached hydrogens (primary N) is 1. The molecular weight excluding hydrogens is 550 g/mol. The van der Waals surface area contributed by atoms with E-state index in [-0.39, 0.29) is 36.5 Å². The Morgan fingerprint density at radius 1 is 0.953 bits per heavy atom. The van der Waals surface area contributed by atoms with Gasteiger partial charge in [-0.25, -0.2) is 4.79 Å². The summed E-state index contributed by atoms with van der Waals surface area (Å²) in [5.74, 6) is -3.65. The van der Waals surface area contributed by atoms with E-state index in [2.05, 4.69) is 16.0 Å². The summed E-state index contributed by atoms with van der Waals surface area (Å²) < 4.78 is 0. The number of likely N-dealkylation sites (tertiary alicyclic amines) is 1. The fraction of sp³-hybridized carbons (Fsp3) is 0.625. The van der Waals surface area contributed by atoms with Crippen molar-refractivity contribution in [1.29, 1.82) is 0 Å². The van der Waals surface area contributed by atoms with Gasteiger partial charge in [0.05, 0.1) is 12.1 Å². The molecule has 0 aromatic heterocycles. The number of hydrogen-bond acceptors (Lipinski definition) is 6. The van der Waals surface area contributed by atoms with E-state index in [4.69, 9.17) is 5.73 Å². The minimum absolute atomic E-state index is 0.0326. The first-order valence-electron chi connectivity index (χ1n) is 15.1. The molecule has 1 aromatic rings. The van der Waals surface area contributed by atoms with E-state index in [1.807, 2.05) is 34.6 Å². The Labute approximate surface area is 255 Å². The van der Waals surface area contributed by atoms with Crippen LogP contribution in [0.4, 0.5) is 4.79 Å². The molecule has 1 fully saturated rings. The van der Waals surface area contributed by atoms with Gasteiger partial charge >= 0.3 is 6.03 Å². The highest BCUT2D eigenvalue weighted by molar-refractivity contribution is 6.37. The fourth-order valence-corrected chi connectivity index (χ4v) is 5.53. The molecule has 0 bridgehead atoms. The van der Waals surface area contributed by atoms with Crippen molar-refractivity contribution in [3.8, 4) is 0 Å². The summed E-state index contributed by atoms with van der Waals surface area (Å²) in [6.07, 6.45) is 1.31. The molecule has 0 aliphatic carbocycles. The van der Waals surface area contributed by atoms with Gasteiger partial charge in [0.2, 0.25) is 17.6 Å². The molecule has 0 saturated carbocycles. The zero-order chi connectivity index (χ0) is 32.6. The summed E-state index contributed by atoms with van der Waals surface area (Å²) in [5, 5.41) is 8.21. The van der Waals surface area contributed by atoms with Crippen LogP contribution in [0.25, 0.3) is 0 Å². The molecule has 5 amide bonds. The molecule has 1 unspecified atom stereocenters. The Hall–Kier alpha value is -3.76. The number of primary amides is 1. The van der Waals surface area contributed by atoms with E-state index in [0.29, 0.717) is 18.4 Å². The Morgan fingerprint density at radius 2 is 1.56 bits per heavy atom. The minimum atomic E-state index is -1.13. The van der Waals surface area contributed by atoms with Gasteiger partial charge < -0.3 is 26.6 Å². The highest BCUT2D eigenvalue weighted by Gasteiger charge is 2.47. The van der Waals surface area contributed by atoms with Crippen molar-refractivity contribution in [2.24, 2.45) is 28.9 Å². The lowest BCUT2D eigenvalue weighted by molar-refractivity contribution is -0.144. The summed E-state index contributed by atoms with van der Waals surface area (Å²) in [6.45, 7) is 15.1. The number of nitrogens with one attached hydrogen (secondary N) is 3. The van der Waals surface area contributed by atoms with Crippen molar-refractivity contribution < 1.29 is 28.8 Å². The van der Waals surface area contributed by atoms with Gasteiger partial charge in [-0.3, -0.25) is 24.0 Å². The summed E-state index contributed by atoms with van der Waals surface area (Å²) in [6, 6.07) is 4.14. The van der Waals surface area contributed by atoms with Gasteiger partial charge in [0, 0.05) is 12.1 Å². The van der Waals surface area contributed by atoms with E-state index >= 15 is 0 Å². The first-order chi connectivity index (χ1) is 20.0. The van der Waals surface area contributed by atoms with Gasteiger partial charge in [0.1, 0.15) is 12.1 Å². The molecule has 1 aliphatic heterocycles. The second kappa shape index (κ2) is 15.1. The molecule has 11 heteroatoms. The highest BCUT2D eigenvalue weighted by atomic mass is 16.2. The van der Waals surface area contributed by atoms with Gasteiger partial charge in [0.15, 0.2) is 5.78 Å². The van der Waals surface area contributed by atoms with Crippen LogP contribution >= 0.6 is 0 Å². The molecule has 43 heavy (non-hydrogen) atoms. The number of amides is 5. The number of hydrogen-bond donors (Lipinski definition) is 4. The molecule has 5 N–H and O–H groups in total.